The van der Waals surface area contributed by atoms with Crippen LogP contribution in [-0.2, 0) is 0 Å². The Morgan fingerprint density at radius 3 is 1.73 bits per heavy atom. The molecule has 0 radical (unpaired) electrons. The van der Waals surface area contributed by atoms with Crippen molar-refractivity contribution in [3.8, 4) is 50.5 Å². The lowest BCUT2D eigenvalue weighted by atomic mass is 9.88. The van der Waals surface area contributed by atoms with Crippen LogP contribution in [0.4, 0.5) is 0 Å². The number of imidazole rings is 1. The molecule has 0 bridgehead atoms. The molecule has 270 valence electrons. The maximum Gasteiger partial charge on any atom is 0.201 e. The molecule has 0 fully saturated rings. The van der Waals surface area contributed by atoms with E-state index in [0.717, 1.165) is 66.6 Å². The van der Waals surface area contributed by atoms with Crippen LogP contribution >= 0.6 is 0 Å². The fourth-order valence-corrected chi connectivity index (χ4v) is 8.24. The standard InChI is InChI=1S/C51H40N4O/c1-31(2)43-28-38(34-16-9-6-10-17-34)29-44(32(3)4)47(43)55-48-41-18-11-12-21-45(41)53-54-50(48)52-51(55)42-20-13-19-40-39-27-26-37(30-46(39)56-49(40)42)36-24-22-35(23-25-36)33-14-7-5-8-15-33/h5-32H,1-4H3. The third kappa shape index (κ3) is 5.58. The van der Waals surface area contributed by atoms with Crippen LogP contribution in [0, 0.1) is 0 Å². The summed E-state index contributed by atoms with van der Waals surface area (Å²) in [6.45, 7) is 9.12. The fourth-order valence-electron chi connectivity index (χ4n) is 8.24. The Bertz CT molecular complexity index is 3040. The molecule has 10 rings (SSSR count). The first-order valence-electron chi connectivity index (χ1n) is 19.4. The minimum absolute atomic E-state index is 0.222. The number of para-hydroxylation sites is 1. The van der Waals surface area contributed by atoms with Crippen LogP contribution in [0.25, 0.3) is 94.5 Å². The van der Waals surface area contributed by atoms with E-state index in [2.05, 4.69) is 177 Å². The number of nitrogens with zero attached hydrogens (tertiary/aromatic N) is 4. The Balaban J connectivity index is 1.21. The number of furan rings is 1. The normalized spacial score (nSPS) is 11.9. The monoisotopic (exact) mass is 724 g/mol. The molecule has 0 saturated carbocycles. The van der Waals surface area contributed by atoms with Crippen molar-refractivity contribution >= 4 is 44.0 Å². The van der Waals surface area contributed by atoms with Crippen LogP contribution in [0.1, 0.15) is 50.7 Å². The van der Waals surface area contributed by atoms with Gasteiger partial charge in [-0.2, -0.15) is 0 Å². The molecular weight excluding hydrogens is 685 g/mol. The second-order valence-corrected chi connectivity index (χ2v) is 15.3. The van der Waals surface area contributed by atoms with Gasteiger partial charge in [0.1, 0.15) is 16.7 Å². The molecule has 3 aromatic heterocycles. The molecule has 0 unspecified atom stereocenters. The number of rotatable bonds is 7. The fraction of sp³-hybridized carbons (Fsp3) is 0.118. The molecule has 10 aromatic rings. The van der Waals surface area contributed by atoms with E-state index in [1.807, 2.05) is 18.2 Å². The third-order valence-corrected chi connectivity index (χ3v) is 11.1. The smallest absolute Gasteiger partial charge is 0.201 e. The van der Waals surface area contributed by atoms with Gasteiger partial charge in [-0.3, -0.25) is 4.57 Å². The zero-order chi connectivity index (χ0) is 37.9. The van der Waals surface area contributed by atoms with Crippen molar-refractivity contribution in [2.45, 2.75) is 39.5 Å². The van der Waals surface area contributed by atoms with Crippen molar-refractivity contribution in [2.24, 2.45) is 0 Å². The van der Waals surface area contributed by atoms with Gasteiger partial charge in [-0.15, -0.1) is 10.2 Å². The number of hydrogen-bond donors (Lipinski definition) is 0. The molecule has 0 aliphatic heterocycles. The number of hydrogen-bond acceptors (Lipinski definition) is 4. The Kier molecular flexibility index (Phi) is 8.10. The van der Waals surface area contributed by atoms with Gasteiger partial charge in [0.05, 0.1) is 16.8 Å². The van der Waals surface area contributed by atoms with Gasteiger partial charge in [-0.05, 0) is 92.7 Å². The summed E-state index contributed by atoms with van der Waals surface area (Å²) in [6, 6.07) is 55.8. The van der Waals surface area contributed by atoms with Gasteiger partial charge in [-0.25, -0.2) is 4.98 Å². The highest BCUT2D eigenvalue weighted by atomic mass is 16.3. The Morgan fingerprint density at radius 2 is 1.05 bits per heavy atom. The summed E-state index contributed by atoms with van der Waals surface area (Å²) < 4.78 is 9.27. The molecule has 7 aromatic carbocycles. The summed E-state index contributed by atoms with van der Waals surface area (Å²) in [6.07, 6.45) is 0. The lowest BCUT2D eigenvalue weighted by molar-refractivity contribution is 0.669. The molecule has 0 aliphatic rings. The van der Waals surface area contributed by atoms with Gasteiger partial charge < -0.3 is 4.42 Å². The van der Waals surface area contributed by atoms with Crippen LogP contribution in [0.15, 0.2) is 162 Å². The summed E-state index contributed by atoms with van der Waals surface area (Å²) in [5.41, 5.74) is 15.6. The molecular formula is C51H40N4O. The van der Waals surface area contributed by atoms with Crippen molar-refractivity contribution in [1.82, 2.24) is 19.7 Å². The van der Waals surface area contributed by atoms with Gasteiger partial charge in [0.25, 0.3) is 0 Å². The molecule has 0 amide bonds. The lowest BCUT2D eigenvalue weighted by Crippen LogP contribution is -2.10. The molecule has 0 spiro atoms. The largest absolute Gasteiger partial charge is 0.455 e. The quantitative estimate of drug-likeness (QED) is 0.164. The molecule has 0 saturated heterocycles. The van der Waals surface area contributed by atoms with E-state index >= 15 is 0 Å². The first-order valence-corrected chi connectivity index (χ1v) is 19.4. The predicted molar refractivity (Wildman–Crippen MR) is 231 cm³/mol. The lowest BCUT2D eigenvalue weighted by Gasteiger charge is -2.24. The summed E-state index contributed by atoms with van der Waals surface area (Å²) >= 11 is 0. The molecule has 5 nitrogen and oxygen atoms in total. The van der Waals surface area contributed by atoms with Crippen LogP contribution in [0.5, 0.6) is 0 Å². The topological polar surface area (TPSA) is 56.7 Å². The summed E-state index contributed by atoms with van der Waals surface area (Å²) in [5.74, 6) is 1.22. The van der Waals surface area contributed by atoms with E-state index in [-0.39, 0.29) is 11.8 Å². The van der Waals surface area contributed by atoms with Crippen molar-refractivity contribution < 1.29 is 4.42 Å². The summed E-state index contributed by atoms with van der Waals surface area (Å²) in [4.78, 5) is 5.34. The highest BCUT2D eigenvalue weighted by Crippen LogP contribution is 2.44. The highest BCUT2D eigenvalue weighted by Gasteiger charge is 2.27. The van der Waals surface area contributed by atoms with E-state index in [4.69, 9.17) is 14.5 Å². The van der Waals surface area contributed by atoms with E-state index < -0.39 is 0 Å². The Hall–Kier alpha value is -6.85. The van der Waals surface area contributed by atoms with Gasteiger partial charge in [0.15, 0.2) is 5.82 Å². The highest BCUT2D eigenvalue weighted by molar-refractivity contribution is 6.11. The Morgan fingerprint density at radius 1 is 0.482 bits per heavy atom. The van der Waals surface area contributed by atoms with E-state index in [1.165, 1.54) is 33.4 Å². The van der Waals surface area contributed by atoms with Crippen LogP contribution in [-0.4, -0.2) is 19.7 Å². The van der Waals surface area contributed by atoms with Crippen molar-refractivity contribution in [3.05, 3.63) is 169 Å². The minimum Gasteiger partial charge on any atom is -0.455 e. The predicted octanol–water partition coefficient (Wildman–Crippen LogP) is 13.8. The first kappa shape index (κ1) is 33.7. The second kappa shape index (κ2) is 13.5. The zero-order valence-corrected chi connectivity index (χ0v) is 31.9. The van der Waals surface area contributed by atoms with Gasteiger partial charge in [0, 0.05) is 16.2 Å². The third-order valence-electron chi connectivity index (χ3n) is 11.1. The van der Waals surface area contributed by atoms with Crippen molar-refractivity contribution in [3.63, 3.8) is 0 Å². The van der Waals surface area contributed by atoms with Crippen LogP contribution < -0.4 is 0 Å². The second-order valence-electron chi connectivity index (χ2n) is 15.3. The first-order chi connectivity index (χ1) is 27.4. The van der Waals surface area contributed by atoms with E-state index in [0.29, 0.717) is 5.65 Å². The van der Waals surface area contributed by atoms with Crippen LogP contribution in [0.3, 0.4) is 0 Å². The number of aromatic nitrogens is 4. The summed E-state index contributed by atoms with van der Waals surface area (Å²) in [7, 11) is 0. The zero-order valence-electron chi connectivity index (χ0n) is 31.9. The molecule has 3 heterocycles. The minimum atomic E-state index is 0.222. The summed E-state index contributed by atoms with van der Waals surface area (Å²) in [5, 5.41) is 12.5. The van der Waals surface area contributed by atoms with E-state index in [9.17, 15) is 0 Å². The average Bonchev–Trinajstić information content (AvgIpc) is 3.82. The van der Waals surface area contributed by atoms with Gasteiger partial charge in [0.2, 0.25) is 5.65 Å². The Labute approximate surface area is 325 Å². The number of fused-ring (bicyclic) bond motifs is 6. The van der Waals surface area contributed by atoms with Crippen LogP contribution in [0.2, 0.25) is 0 Å². The molecule has 5 heteroatoms. The maximum absolute atomic E-state index is 6.91. The maximum atomic E-state index is 6.91. The molecule has 0 N–H and O–H groups in total. The van der Waals surface area contributed by atoms with E-state index in [1.54, 1.807) is 0 Å². The van der Waals surface area contributed by atoms with Gasteiger partial charge >= 0.3 is 0 Å². The molecule has 56 heavy (non-hydrogen) atoms. The average molecular weight is 725 g/mol. The molecule has 0 aliphatic carbocycles. The molecule has 0 atom stereocenters. The van der Waals surface area contributed by atoms with Crippen molar-refractivity contribution in [2.75, 3.05) is 0 Å². The number of benzene rings is 7. The van der Waals surface area contributed by atoms with Gasteiger partial charge in [-0.1, -0.05) is 149 Å². The SMILES string of the molecule is CC(C)c1cc(-c2ccccc2)cc(C(C)C)c1-n1c(-c2cccc3c2oc2cc(-c4ccc(-c5ccccc5)cc4)ccc23)nc2nnc3ccccc3c21. The van der Waals surface area contributed by atoms with Crippen molar-refractivity contribution in [1.29, 1.82) is 0 Å².